The molecule has 1 N–H and O–H groups in total. The fraction of sp³-hybridized carbons (Fsp3) is 0.900. The number of carboxylic acid groups (broad SMARTS) is 1. The summed E-state index contributed by atoms with van der Waals surface area (Å²) < 4.78 is 5.27. The normalized spacial score (nSPS) is 10.7. The van der Waals surface area contributed by atoms with Crippen molar-refractivity contribution in [1.82, 2.24) is 0 Å². The van der Waals surface area contributed by atoms with E-state index in [-0.39, 0.29) is 6.42 Å². The lowest BCUT2D eigenvalue weighted by atomic mass is 10.1. The van der Waals surface area contributed by atoms with Crippen molar-refractivity contribution in [2.24, 2.45) is 5.92 Å². The molecule has 0 aromatic carbocycles. The summed E-state index contributed by atoms with van der Waals surface area (Å²) in [5, 5.41) is 8.33. The first-order valence-corrected chi connectivity index (χ1v) is 4.92. The number of carboxylic acids is 1. The van der Waals surface area contributed by atoms with Gasteiger partial charge in [-0.05, 0) is 25.2 Å². The summed E-state index contributed by atoms with van der Waals surface area (Å²) >= 11 is 0. The third-order valence-electron chi connectivity index (χ3n) is 1.75. The van der Waals surface area contributed by atoms with Crippen molar-refractivity contribution in [3.05, 3.63) is 0 Å². The van der Waals surface area contributed by atoms with Crippen LogP contribution in [0.25, 0.3) is 0 Å². The Labute approximate surface area is 80.1 Å². The Kier molecular flexibility index (Phi) is 7.69. The van der Waals surface area contributed by atoms with Gasteiger partial charge in [-0.25, -0.2) is 0 Å². The predicted molar refractivity (Wildman–Crippen MR) is 51.8 cm³/mol. The van der Waals surface area contributed by atoms with Crippen LogP contribution in [-0.2, 0) is 9.53 Å². The monoisotopic (exact) mass is 188 g/mol. The highest BCUT2D eigenvalue weighted by Crippen LogP contribution is 2.03. The van der Waals surface area contributed by atoms with Crippen molar-refractivity contribution < 1.29 is 14.6 Å². The largest absolute Gasteiger partial charge is 0.481 e. The van der Waals surface area contributed by atoms with Gasteiger partial charge in [-0.3, -0.25) is 4.79 Å². The Hall–Kier alpha value is -0.570. The van der Waals surface area contributed by atoms with Crippen LogP contribution in [0.2, 0.25) is 0 Å². The Morgan fingerprint density at radius 3 is 2.46 bits per heavy atom. The topological polar surface area (TPSA) is 46.5 Å². The molecule has 0 amide bonds. The maximum Gasteiger partial charge on any atom is 0.303 e. The van der Waals surface area contributed by atoms with Crippen molar-refractivity contribution in [3.8, 4) is 0 Å². The van der Waals surface area contributed by atoms with Crippen molar-refractivity contribution in [2.75, 3.05) is 13.2 Å². The van der Waals surface area contributed by atoms with Crippen LogP contribution in [0.3, 0.4) is 0 Å². The van der Waals surface area contributed by atoms with Crippen LogP contribution < -0.4 is 0 Å². The van der Waals surface area contributed by atoms with Gasteiger partial charge in [0.1, 0.15) is 0 Å². The molecule has 0 saturated heterocycles. The summed E-state index contributed by atoms with van der Waals surface area (Å²) in [5.41, 5.74) is 0. The van der Waals surface area contributed by atoms with Crippen molar-refractivity contribution in [2.45, 2.75) is 39.5 Å². The number of carbonyl (C=O) groups is 1. The van der Waals surface area contributed by atoms with Crippen molar-refractivity contribution >= 4 is 5.97 Å². The van der Waals surface area contributed by atoms with Crippen LogP contribution in [0.15, 0.2) is 0 Å². The van der Waals surface area contributed by atoms with E-state index in [1.165, 1.54) is 6.42 Å². The highest BCUT2D eigenvalue weighted by atomic mass is 16.5. The molecule has 0 radical (unpaired) electrons. The first-order chi connectivity index (χ1) is 6.13. The second kappa shape index (κ2) is 8.05. The summed E-state index contributed by atoms with van der Waals surface area (Å²) in [4.78, 5) is 10.1. The smallest absolute Gasteiger partial charge is 0.303 e. The van der Waals surface area contributed by atoms with Crippen LogP contribution in [-0.4, -0.2) is 24.3 Å². The third kappa shape index (κ3) is 11.4. The third-order valence-corrected chi connectivity index (χ3v) is 1.75. The molecule has 0 aromatic heterocycles. The standard InChI is InChI=1S/C10H20O3/c1-9(2)5-3-7-13-8-4-6-10(11)12/h9H,3-8H2,1-2H3,(H,11,12). The quantitative estimate of drug-likeness (QED) is 0.594. The van der Waals surface area contributed by atoms with Gasteiger partial charge in [-0.15, -0.1) is 0 Å². The van der Waals surface area contributed by atoms with E-state index >= 15 is 0 Å². The summed E-state index contributed by atoms with van der Waals surface area (Å²) in [6, 6.07) is 0. The van der Waals surface area contributed by atoms with E-state index in [0.717, 1.165) is 18.9 Å². The molecule has 0 aliphatic carbocycles. The molecule has 0 atom stereocenters. The van der Waals surface area contributed by atoms with E-state index in [1.807, 2.05) is 0 Å². The highest BCUT2D eigenvalue weighted by molar-refractivity contribution is 5.66. The molecule has 0 bridgehead atoms. The van der Waals surface area contributed by atoms with E-state index in [0.29, 0.717) is 13.0 Å². The Morgan fingerprint density at radius 2 is 1.92 bits per heavy atom. The molecule has 78 valence electrons. The molecule has 0 aliphatic rings. The molecule has 0 rings (SSSR count). The average molecular weight is 188 g/mol. The van der Waals surface area contributed by atoms with Gasteiger partial charge in [0, 0.05) is 19.6 Å². The van der Waals surface area contributed by atoms with Gasteiger partial charge in [0.05, 0.1) is 0 Å². The van der Waals surface area contributed by atoms with Crippen LogP contribution in [0.5, 0.6) is 0 Å². The zero-order valence-electron chi connectivity index (χ0n) is 8.58. The number of hydrogen-bond acceptors (Lipinski definition) is 2. The van der Waals surface area contributed by atoms with Crippen LogP contribution >= 0.6 is 0 Å². The van der Waals surface area contributed by atoms with Gasteiger partial charge in [0.2, 0.25) is 0 Å². The van der Waals surface area contributed by atoms with Crippen LogP contribution in [0.4, 0.5) is 0 Å². The molecule has 0 aromatic rings. The number of ether oxygens (including phenoxy) is 1. The maximum absolute atomic E-state index is 10.1. The van der Waals surface area contributed by atoms with Crippen molar-refractivity contribution in [3.63, 3.8) is 0 Å². The van der Waals surface area contributed by atoms with Crippen LogP contribution in [0, 0.1) is 5.92 Å². The van der Waals surface area contributed by atoms with E-state index in [4.69, 9.17) is 9.84 Å². The average Bonchev–Trinajstić information content (AvgIpc) is 2.01. The van der Waals surface area contributed by atoms with E-state index in [9.17, 15) is 4.79 Å². The van der Waals surface area contributed by atoms with Crippen LogP contribution in [0.1, 0.15) is 39.5 Å². The minimum Gasteiger partial charge on any atom is -0.481 e. The molecule has 0 unspecified atom stereocenters. The first kappa shape index (κ1) is 12.4. The molecule has 0 fully saturated rings. The molecular weight excluding hydrogens is 168 g/mol. The summed E-state index contributed by atoms with van der Waals surface area (Å²) in [7, 11) is 0. The van der Waals surface area contributed by atoms with Gasteiger partial charge < -0.3 is 9.84 Å². The summed E-state index contributed by atoms with van der Waals surface area (Å²) in [6.45, 7) is 5.71. The van der Waals surface area contributed by atoms with E-state index in [1.54, 1.807) is 0 Å². The second-order valence-electron chi connectivity index (χ2n) is 3.65. The van der Waals surface area contributed by atoms with Gasteiger partial charge in [0.25, 0.3) is 0 Å². The number of aliphatic carboxylic acids is 1. The fourth-order valence-corrected chi connectivity index (χ4v) is 1.02. The molecule has 0 saturated carbocycles. The second-order valence-corrected chi connectivity index (χ2v) is 3.65. The lowest BCUT2D eigenvalue weighted by Gasteiger charge is -2.04. The molecule has 0 aliphatic heterocycles. The maximum atomic E-state index is 10.1. The minimum absolute atomic E-state index is 0.212. The lowest BCUT2D eigenvalue weighted by molar-refractivity contribution is -0.137. The van der Waals surface area contributed by atoms with Crippen molar-refractivity contribution in [1.29, 1.82) is 0 Å². The molecule has 0 heterocycles. The Balaban J connectivity index is 2.96. The lowest BCUT2D eigenvalue weighted by Crippen LogP contribution is -2.02. The molecule has 13 heavy (non-hydrogen) atoms. The first-order valence-electron chi connectivity index (χ1n) is 4.92. The molecular formula is C10H20O3. The molecule has 3 nitrogen and oxygen atoms in total. The zero-order chi connectivity index (χ0) is 10.1. The van der Waals surface area contributed by atoms with Gasteiger partial charge in [0.15, 0.2) is 0 Å². The van der Waals surface area contributed by atoms with Gasteiger partial charge >= 0.3 is 5.97 Å². The van der Waals surface area contributed by atoms with Gasteiger partial charge in [-0.1, -0.05) is 13.8 Å². The molecule has 0 spiro atoms. The highest BCUT2D eigenvalue weighted by Gasteiger charge is 1.97. The number of rotatable bonds is 8. The van der Waals surface area contributed by atoms with E-state index in [2.05, 4.69) is 13.8 Å². The summed E-state index contributed by atoms with van der Waals surface area (Å²) in [6.07, 6.45) is 3.09. The van der Waals surface area contributed by atoms with E-state index < -0.39 is 5.97 Å². The van der Waals surface area contributed by atoms with Gasteiger partial charge in [-0.2, -0.15) is 0 Å². The Morgan fingerprint density at radius 1 is 1.31 bits per heavy atom. The number of hydrogen-bond donors (Lipinski definition) is 1. The Bertz CT molecular complexity index is 132. The predicted octanol–water partition coefficient (Wildman–Crippen LogP) is 2.30. The minimum atomic E-state index is -0.745. The molecule has 3 heteroatoms. The zero-order valence-corrected chi connectivity index (χ0v) is 8.58. The fourth-order valence-electron chi connectivity index (χ4n) is 1.02. The SMILES string of the molecule is CC(C)CCCOCCCC(=O)O. The summed E-state index contributed by atoms with van der Waals surface area (Å²) in [5.74, 6) is -0.0200.